The van der Waals surface area contributed by atoms with Crippen molar-refractivity contribution in [3.05, 3.63) is 296 Å². The lowest BCUT2D eigenvalue weighted by atomic mass is 10.5. The molecule has 0 saturated carbocycles. The van der Waals surface area contributed by atoms with E-state index in [1.54, 1.807) is 192 Å². The number of rotatable bonds is 0. The Bertz CT molecular complexity index is 2240. The average molecular weight is 1200 g/mol. The molecule has 0 N–H and O–H groups in total. The van der Waals surface area contributed by atoms with E-state index in [9.17, 15) is 0 Å². The van der Waals surface area contributed by atoms with E-state index in [2.05, 4.69) is 138 Å². The highest BCUT2D eigenvalue weighted by atomic mass is 32.1. The fourth-order valence-electron chi connectivity index (χ4n) is 3.74. The first kappa shape index (κ1) is 71.4. The Hall–Kier alpha value is -10.6. The molecule has 0 atom stereocenters. The normalized spacial score (nSPS) is 10.3. The lowest BCUT2D eigenvalue weighted by molar-refractivity contribution is 0.420. The highest BCUT2D eigenvalue weighted by Crippen LogP contribution is 1.94. The molecule has 12 aromatic heterocycles. The predicted octanol–water partition coefficient (Wildman–Crippen LogP) is 13.3. The van der Waals surface area contributed by atoms with Crippen molar-refractivity contribution in [1.29, 1.82) is 0 Å². The third kappa shape index (κ3) is 65.7. The van der Waals surface area contributed by atoms with Crippen LogP contribution in [0.5, 0.6) is 0 Å². The summed E-state index contributed by atoms with van der Waals surface area (Å²) in [5.41, 5.74) is 6.94. The van der Waals surface area contributed by atoms with Crippen molar-refractivity contribution in [3.63, 3.8) is 0 Å². The maximum Gasteiger partial charge on any atom is 0.203 e. The van der Waals surface area contributed by atoms with E-state index in [-0.39, 0.29) is 0 Å². The second-order valence-electron chi connectivity index (χ2n) is 13.0. The van der Waals surface area contributed by atoms with Gasteiger partial charge in [0.15, 0.2) is 6.39 Å². The van der Waals surface area contributed by atoms with Gasteiger partial charge < -0.3 is 17.8 Å². The van der Waals surface area contributed by atoms with Gasteiger partial charge in [0, 0.05) is 129 Å². The summed E-state index contributed by atoms with van der Waals surface area (Å²) in [5.74, 6) is 0. The Labute approximate surface area is 503 Å². The number of hydrogen-bond acceptors (Lipinski definition) is 27. The number of thiazole rings is 2. The fourth-order valence-corrected chi connectivity index (χ4v) is 5.17. The molecule has 3 aliphatic heterocycles. The van der Waals surface area contributed by atoms with Crippen molar-refractivity contribution >= 4 is 70.2 Å². The average Bonchev–Trinajstić information content (AvgIpc) is 4.42. The molecule has 0 radical (unpaired) electrons. The molecule has 432 valence electrons. The van der Waals surface area contributed by atoms with Crippen molar-refractivity contribution in [1.82, 2.24) is 75.6 Å². The van der Waals surface area contributed by atoms with Gasteiger partial charge >= 0.3 is 0 Å². The van der Waals surface area contributed by atoms with Crippen LogP contribution in [0.3, 0.4) is 0 Å². The third-order valence-corrected chi connectivity index (χ3v) is 9.09. The van der Waals surface area contributed by atoms with Gasteiger partial charge in [0.2, 0.25) is 12.8 Å². The van der Waals surface area contributed by atoms with Gasteiger partial charge in [-0.15, -0.1) is 54.4 Å². The first-order chi connectivity index (χ1) is 42.0. The van der Waals surface area contributed by atoms with Crippen LogP contribution in [0.4, 0.5) is 0 Å². The highest BCUT2D eigenvalue weighted by molar-refractivity contribution is 7.08. The first-order valence-corrected chi connectivity index (χ1v) is 28.0. The standard InChI is InChI=1S/C5H5N.C5H6.3C4H4N2.2C4H5N.C4H4O.C4H4S.C3H4N2.2C3H3NO.2C3H3NS.C2H2N2O.C2H2N2S/c1-2-4-6-5-3-1;1-2-4-5-3-1;1-2-6-4-3-5-1;1-2-5-4-6-3-1;1-2-4-6-5-3-1;5*1-2-4-5-3-1;1-2-5-3-4-1;1-2-4-5-3-1;2*1-2-5-3-4-1;2*1-3-4-2-5-1/h1-5H;1-4H,5H2;3*1-4H;1,3-4H,2H2;1-3H,4H2;2*1-4H;2-3H,1H2;4*1-3H;2*1-2H. The van der Waals surface area contributed by atoms with Crippen molar-refractivity contribution in [3.8, 4) is 0 Å². The SMILES string of the molecule is C1=CCC=C1.C1=CCN=C1.C1=CN=CC1.C1=NN=CC1.c1ccncc1.c1ccnnc1.c1ccoc1.c1ccsc1.c1cnccn1.c1cncnc1.c1cnoc1.c1cocn1.c1cscn1.c1cscn1.c1nnco1.c1nncs1. The van der Waals surface area contributed by atoms with Crippen LogP contribution in [-0.2, 0) is 0 Å². The molecule has 1 aliphatic carbocycles. The van der Waals surface area contributed by atoms with E-state index in [0.29, 0.717) is 0 Å². The summed E-state index contributed by atoms with van der Waals surface area (Å²) in [5, 5.41) is 39.0. The molecule has 12 aromatic rings. The predicted molar refractivity (Wildman–Crippen MR) is 334 cm³/mol. The summed E-state index contributed by atoms with van der Waals surface area (Å²) in [6.07, 6.45) is 61.5. The minimum atomic E-state index is 0.889. The smallest absolute Gasteiger partial charge is 0.203 e. The topological polar surface area (TPSA) is 295 Å². The molecule has 84 heavy (non-hydrogen) atoms. The van der Waals surface area contributed by atoms with Crippen LogP contribution in [0.25, 0.3) is 0 Å². The number of aliphatic imine (C=N–C) groups is 2. The molecule has 23 nitrogen and oxygen atoms in total. The Morgan fingerprint density at radius 1 is 0.333 bits per heavy atom. The monoisotopic (exact) mass is 1200 g/mol. The summed E-state index contributed by atoms with van der Waals surface area (Å²) in [6, 6.07) is 20.6. The van der Waals surface area contributed by atoms with Crippen molar-refractivity contribution < 1.29 is 17.8 Å². The summed E-state index contributed by atoms with van der Waals surface area (Å²) >= 11 is 6.41. The minimum absolute atomic E-state index is 0.889. The minimum Gasteiger partial charge on any atom is -0.473 e. The molecule has 0 aromatic carbocycles. The van der Waals surface area contributed by atoms with E-state index in [1.807, 2.05) is 101 Å². The van der Waals surface area contributed by atoms with Crippen LogP contribution < -0.4 is 0 Å². The molecule has 0 amide bonds. The molecule has 16 rings (SSSR count). The fraction of sp³-hybridized carbons (Fsp3) is 0.0702. The number of allylic oxidation sites excluding steroid dienone is 6. The maximum absolute atomic E-state index is 4.58. The van der Waals surface area contributed by atoms with Gasteiger partial charge in [-0.2, -0.15) is 31.7 Å². The van der Waals surface area contributed by atoms with Crippen LogP contribution >= 0.6 is 45.3 Å². The second kappa shape index (κ2) is 68.5. The largest absolute Gasteiger partial charge is 0.473 e. The van der Waals surface area contributed by atoms with Gasteiger partial charge in [-0.3, -0.25) is 34.9 Å². The molecule has 0 unspecified atom stereocenters. The van der Waals surface area contributed by atoms with E-state index in [1.165, 1.54) is 49.4 Å². The number of aromatic nitrogens is 15. The molecule has 15 heterocycles. The number of oxazole rings is 1. The molecule has 0 saturated heterocycles. The van der Waals surface area contributed by atoms with Crippen molar-refractivity contribution in [2.75, 3.05) is 6.54 Å². The molecule has 0 spiro atoms. The van der Waals surface area contributed by atoms with E-state index in [4.69, 9.17) is 0 Å². The number of pyridine rings is 1. The van der Waals surface area contributed by atoms with Crippen LogP contribution in [0.2, 0.25) is 0 Å². The molecular formula is C57H61N19O4S4. The number of thiophene rings is 1. The van der Waals surface area contributed by atoms with Crippen LogP contribution in [0, 0.1) is 0 Å². The van der Waals surface area contributed by atoms with Crippen LogP contribution in [-0.4, -0.2) is 107 Å². The molecule has 4 aliphatic rings. The molecule has 0 fully saturated rings. The van der Waals surface area contributed by atoms with Gasteiger partial charge in [0.25, 0.3) is 0 Å². The Kier molecular flexibility index (Phi) is 58.2. The summed E-state index contributed by atoms with van der Waals surface area (Å²) in [4.78, 5) is 37.2. The van der Waals surface area contributed by atoms with Gasteiger partial charge in [-0.1, -0.05) is 59.8 Å². The zero-order valence-corrected chi connectivity index (χ0v) is 48.5. The quantitative estimate of drug-likeness (QED) is 0.136. The van der Waals surface area contributed by atoms with Gasteiger partial charge in [0.1, 0.15) is 29.9 Å². The lowest BCUT2D eigenvalue weighted by Gasteiger charge is -1.70. The number of hydrogen-bond donors (Lipinski definition) is 0. The molecule has 0 bridgehead atoms. The zero-order chi connectivity index (χ0) is 59.4. The summed E-state index contributed by atoms with van der Waals surface area (Å²) < 4.78 is 17.8. The zero-order valence-electron chi connectivity index (χ0n) is 45.2. The van der Waals surface area contributed by atoms with Crippen LogP contribution in [0.1, 0.15) is 19.3 Å². The van der Waals surface area contributed by atoms with Crippen LogP contribution in [0.15, 0.2) is 334 Å². The maximum atomic E-state index is 4.58. The van der Waals surface area contributed by atoms with Crippen molar-refractivity contribution in [2.45, 2.75) is 19.3 Å². The van der Waals surface area contributed by atoms with E-state index >= 15 is 0 Å². The lowest BCUT2D eigenvalue weighted by Crippen LogP contribution is -1.69. The Balaban J connectivity index is 0.000000448. The summed E-state index contributed by atoms with van der Waals surface area (Å²) in [7, 11) is 0. The first-order valence-electron chi connectivity index (χ1n) is 24.3. The Morgan fingerprint density at radius 2 is 0.964 bits per heavy atom. The van der Waals surface area contributed by atoms with Crippen molar-refractivity contribution in [2.24, 2.45) is 20.2 Å². The second-order valence-corrected chi connectivity index (χ2v) is 16.0. The number of nitrogens with zero attached hydrogens (tertiary/aromatic N) is 19. The number of furan rings is 1. The third-order valence-electron chi connectivity index (χ3n) is 6.98. The van der Waals surface area contributed by atoms with Gasteiger partial charge in [0.05, 0.1) is 42.5 Å². The molecular weight excluding hydrogens is 1140 g/mol. The van der Waals surface area contributed by atoms with Gasteiger partial charge in [-0.05, 0) is 71.8 Å². The summed E-state index contributed by atoms with van der Waals surface area (Å²) in [6.45, 7) is 0.889. The Morgan fingerprint density at radius 3 is 1.14 bits per heavy atom. The highest BCUT2D eigenvalue weighted by Gasteiger charge is 1.76. The van der Waals surface area contributed by atoms with E-state index < -0.39 is 0 Å². The molecule has 27 heteroatoms. The van der Waals surface area contributed by atoms with E-state index in [0.717, 1.165) is 25.8 Å². The van der Waals surface area contributed by atoms with Gasteiger partial charge in [-0.25, -0.2) is 15.0 Å².